The molecule has 0 bridgehead atoms. The number of nitrogens with zero attached hydrogens (tertiary/aromatic N) is 27. The van der Waals surface area contributed by atoms with Gasteiger partial charge in [-0.2, -0.15) is 25.5 Å². The molecule has 5 fully saturated rings. The van der Waals surface area contributed by atoms with Gasteiger partial charge in [-0.1, -0.05) is 44.5 Å². The second-order valence-electron chi connectivity index (χ2n) is 39.6. The number of fused-ring (bicyclic) bond motifs is 10. The summed E-state index contributed by atoms with van der Waals surface area (Å²) in [4.78, 5) is 111. The first-order valence-corrected chi connectivity index (χ1v) is 51.0. The Labute approximate surface area is 847 Å². The van der Waals surface area contributed by atoms with Gasteiger partial charge in [0.15, 0.2) is 0 Å². The van der Waals surface area contributed by atoms with Gasteiger partial charge in [0.25, 0.3) is 27.8 Å². The zero-order valence-electron chi connectivity index (χ0n) is 85.4. The molecule has 0 aliphatic carbocycles. The Kier molecular flexibility index (Phi) is 27.4. The van der Waals surface area contributed by atoms with E-state index in [-0.39, 0.29) is 33.9 Å². The zero-order chi connectivity index (χ0) is 102. The Morgan fingerprint density at radius 1 is 0.347 bits per heavy atom. The SMILES string of the molecule is CCCc1nc(C)cn2nc(-c3cc(=O)n4cc(N5CCNCC5)ccc4n3)cc12.CCN1CCC(c2cc(C)c3nc(-c4ccc5nn(C)cc5c4)cc(=O)n3c2)CC1.Cc1cc(C2CCNCC2)cn2c(=O)cc(-c3ccc4nn(C)cc4c3)nc12.Cc1cn2nc(-c3cc(=O)n4cc(N5CCNCC5)cc(C)c4n3)cc2c(C)n1.Cc1cn2nc(-c3cc(=O)n4cc(OC5CCN(C)CC5)ccc4n3)cc2c(C)n1. The van der Waals surface area contributed by atoms with E-state index in [1.165, 1.54) is 21.6 Å². The number of hydrogen-bond donors (Lipinski definition) is 3. The summed E-state index contributed by atoms with van der Waals surface area (Å²) in [5.41, 5.74) is 27.7. The summed E-state index contributed by atoms with van der Waals surface area (Å²) < 4.78 is 23.4. The predicted octanol–water partition coefficient (Wildman–Crippen LogP) is 13.1. The van der Waals surface area contributed by atoms with Crippen LogP contribution in [-0.2, 0) is 20.5 Å². The highest BCUT2D eigenvalue weighted by Crippen LogP contribution is 2.35. The number of nitrogens with one attached hydrogen (secondary N) is 3. The number of piperazine rings is 2. The van der Waals surface area contributed by atoms with Crippen LogP contribution in [0.1, 0.15) is 133 Å². The minimum Gasteiger partial charge on any atom is -0.489 e. The number of hydrogen-bond acceptors (Lipinski definition) is 26. The summed E-state index contributed by atoms with van der Waals surface area (Å²) in [6, 6.07) is 39.9. The molecule has 147 heavy (non-hydrogen) atoms. The maximum atomic E-state index is 13.0. The lowest BCUT2D eigenvalue weighted by Gasteiger charge is -2.31. The number of piperidine rings is 3. The molecule has 20 aromatic rings. The first-order chi connectivity index (χ1) is 71.2. The third-order valence-electron chi connectivity index (χ3n) is 28.7. The summed E-state index contributed by atoms with van der Waals surface area (Å²) in [7, 11) is 5.94. The Balaban J connectivity index is 0.000000108. The number of pyridine rings is 5. The second kappa shape index (κ2) is 41.4. The zero-order valence-corrected chi connectivity index (χ0v) is 85.4. The number of rotatable bonds is 14. The number of likely N-dealkylation sites (tertiary alicyclic amines) is 2. The lowest BCUT2D eigenvalue weighted by Crippen LogP contribution is -2.43. The van der Waals surface area contributed by atoms with Gasteiger partial charge in [-0.3, -0.25) is 70.3 Å². The van der Waals surface area contributed by atoms with E-state index in [4.69, 9.17) is 24.7 Å². The lowest BCUT2D eigenvalue weighted by atomic mass is 9.90. The highest BCUT2D eigenvalue weighted by atomic mass is 16.5. The van der Waals surface area contributed by atoms with Gasteiger partial charge in [0.2, 0.25) is 0 Å². The van der Waals surface area contributed by atoms with Crippen LogP contribution in [0.2, 0.25) is 0 Å². The lowest BCUT2D eigenvalue weighted by molar-refractivity contribution is 0.114. The van der Waals surface area contributed by atoms with Crippen molar-refractivity contribution in [2.24, 2.45) is 14.1 Å². The molecule has 0 amide bonds. The largest absolute Gasteiger partial charge is 0.489 e. The Morgan fingerprint density at radius 2 is 0.769 bits per heavy atom. The average molecular weight is 1970 g/mol. The maximum absolute atomic E-state index is 13.0. The minimum atomic E-state index is -0.160. The van der Waals surface area contributed by atoms with Crippen molar-refractivity contribution in [1.29, 1.82) is 0 Å². The first-order valence-electron chi connectivity index (χ1n) is 51.0. The van der Waals surface area contributed by atoms with Crippen molar-refractivity contribution in [2.75, 3.05) is 115 Å². The molecule has 0 radical (unpaired) electrons. The Bertz CT molecular complexity index is 8770. The molecule has 0 unspecified atom stereocenters. The number of aromatic nitrogens is 23. The van der Waals surface area contributed by atoms with Crippen molar-refractivity contribution in [3.8, 4) is 62.4 Å². The molecular weight excluding hydrogens is 1850 g/mol. The molecule has 0 spiro atoms. The summed E-state index contributed by atoms with van der Waals surface area (Å²) in [5, 5.41) is 34.9. The van der Waals surface area contributed by atoms with E-state index in [1.54, 1.807) is 66.5 Å². The first kappa shape index (κ1) is 97.3. The summed E-state index contributed by atoms with van der Waals surface area (Å²) >= 11 is 0. The van der Waals surface area contributed by atoms with Gasteiger partial charge in [-0.25, -0.2) is 38.5 Å². The summed E-state index contributed by atoms with van der Waals surface area (Å²) in [5.74, 6) is 1.71. The fourth-order valence-electron chi connectivity index (χ4n) is 20.9. The van der Waals surface area contributed by atoms with Gasteiger partial charge in [0.1, 0.15) is 57.2 Å². The van der Waals surface area contributed by atoms with Crippen molar-refractivity contribution in [1.82, 2.24) is 136 Å². The predicted molar refractivity (Wildman–Crippen MR) is 575 cm³/mol. The highest BCUT2D eigenvalue weighted by molar-refractivity contribution is 5.85. The molecule has 3 N–H and O–H groups in total. The van der Waals surface area contributed by atoms with E-state index in [9.17, 15) is 24.0 Å². The fourth-order valence-corrected chi connectivity index (χ4v) is 20.9. The fraction of sp³-hybridized carbons (Fsp3) is 0.351. The van der Waals surface area contributed by atoms with Gasteiger partial charge >= 0.3 is 0 Å². The van der Waals surface area contributed by atoms with Crippen molar-refractivity contribution >= 4 is 78.0 Å². The molecule has 23 heterocycles. The molecule has 0 atom stereocenters. The molecule has 2 aromatic carbocycles. The maximum Gasteiger partial charge on any atom is 0.258 e. The minimum absolute atomic E-state index is 0.0303. The summed E-state index contributed by atoms with van der Waals surface area (Å²) in [6.07, 6.45) is 27.7. The van der Waals surface area contributed by atoms with Crippen LogP contribution < -0.4 is 58.3 Å². The smallest absolute Gasteiger partial charge is 0.258 e. The molecule has 36 nitrogen and oxygen atoms in total. The molecule has 36 heteroatoms. The monoisotopic (exact) mass is 1970 g/mol. The summed E-state index contributed by atoms with van der Waals surface area (Å²) in [6.45, 7) is 35.2. The quantitative estimate of drug-likeness (QED) is 0.0910. The van der Waals surface area contributed by atoms with Crippen LogP contribution in [0.4, 0.5) is 11.4 Å². The standard InChI is InChI=1S/C24H27N5O.C22H25N7O.C22H24N6O2.C22H23N5O.C21H23N7O/c1-4-28-9-7-17(8-10-28)19-11-16(2)24-25-22(13-23(30)29(24)15-19)18-5-6-21-20(12-18)14-27(3)26-21;1-3-4-17-20-11-19(26-29(20)13-15(2)24-17)18-12-22(30)28-14-16(5-6-21(28)25-18)27-9-7-23-8-10-27;1-14-12-28-20(15(2)23-14)10-19(25-28)18-11-22(29)27-13-17(4-5-21(27)24-18)30-16-6-8-26(3)9-7-16;1-14-9-17(15-5-7-23-8-6-15)13-27-21(28)11-20(24-22(14)27)16-3-4-19-18(10-16)12-26(2)25-19;1-13-8-16(26-6-4-22-5-7-26)12-27-20(29)10-17(24-21(13)27)18-9-19-15(3)23-14(2)11-28(19)25-18/h5-6,11-15,17H,4,7-10H2,1-3H3;5-6,11-14,23H,3-4,7-10H2,1-2H3;4-5,10-13,16H,6-9H2,1-3H3;3-4,9-13,15,23H,5-8H2,1-2H3;8-12,22H,4-7H2,1-3H3. The average Bonchev–Trinajstić information content (AvgIpc) is 1.53. The third-order valence-corrected chi connectivity index (χ3v) is 28.7. The van der Waals surface area contributed by atoms with E-state index in [2.05, 4.69) is 127 Å². The second-order valence-corrected chi connectivity index (χ2v) is 39.6. The van der Waals surface area contributed by atoms with Crippen LogP contribution >= 0.6 is 0 Å². The molecule has 5 saturated heterocycles. The van der Waals surface area contributed by atoms with Crippen LogP contribution in [-0.4, -0.2) is 231 Å². The van der Waals surface area contributed by atoms with Crippen LogP contribution in [0.3, 0.4) is 0 Å². The van der Waals surface area contributed by atoms with E-state index in [1.807, 2.05) is 202 Å². The molecular formula is C111H122N30O6. The molecule has 5 aliphatic rings. The Morgan fingerprint density at radius 3 is 1.28 bits per heavy atom. The molecule has 752 valence electrons. The number of anilines is 2. The van der Waals surface area contributed by atoms with Crippen molar-refractivity contribution in [3.63, 3.8) is 0 Å². The van der Waals surface area contributed by atoms with Crippen LogP contribution in [0.15, 0.2) is 213 Å². The van der Waals surface area contributed by atoms with Crippen molar-refractivity contribution in [2.45, 2.75) is 139 Å². The van der Waals surface area contributed by atoms with Crippen LogP contribution in [0.5, 0.6) is 5.75 Å². The third kappa shape index (κ3) is 20.8. The normalized spacial score (nSPS) is 15.4. The molecule has 0 saturated carbocycles. The topological polar surface area (TPSA) is 356 Å². The number of ether oxygens (including phenoxy) is 1. The van der Waals surface area contributed by atoms with Gasteiger partial charge in [0.05, 0.1) is 126 Å². The van der Waals surface area contributed by atoms with Crippen molar-refractivity contribution < 1.29 is 4.74 Å². The van der Waals surface area contributed by atoms with Gasteiger partial charge in [-0.15, -0.1) is 0 Å². The molecule has 18 aromatic heterocycles. The van der Waals surface area contributed by atoms with Crippen LogP contribution in [0.25, 0.3) is 123 Å². The molecule has 5 aliphatic heterocycles. The van der Waals surface area contributed by atoms with E-state index in [0.29, 0.717) is 80.1 Å². The van der Waals surface area contributed by atoms with Gasteiger partial charge in [-0.05, 0) is 253 Å². The van der Waals surface area contributed by atoms with Crippen molar-refractivity contribution in [3.05, 3.63) is 303 Å². The van der Waals surface area contributed by atoms with E-state index in [0.717, 1.165) is 273 Å². The van der Waals surface area contributed by atoms with E-state index >= 15 is 0 Å². The van der Waals surface area contributed by atoms with Crippen LogP contribution in [0, 0.1) is 55.4 Å². The highest BCUT2D eigenvalue weighted by Gasteiger charge is 2.27. The van der Waals surface area contributed by atoms with Gasteiger partial charge in [0, 0.05) is 169 Å². The molecule has 25 rings (SSSR count). The Hall–Kier alpha value is -15.8. The van der Waals surface area contributed by atoms with Gasteiger partial charge < -0.3 is 40.3 Å². The number of benzene rings is 2. The number of aryl methyl sites for hydroxylation is 11. The van der Waals surface area contributed by atoms with E-state index < -0.39 is 0 Å².